The van der Waals surface area contributed by atoms with Crippen LogP contribution in [0.3, 0.4) is 0 Å². The summed E-state index contributed by atoms with van der Waals surface area (Å²) in [4.78, 5) is 15.7. The van der Waals surface area contributed by atoms with E-state index in [2.05, 4.69) is 10.3 Å². The van der Waals surface area contributed by atoms with Crippen LogP contribution in [-0.4, -0.2) is 37.3 Å². The Morgan fingerprint density at radius 2 is 1.68 bits per heavy atom. The van der Waals surface area contributed by atoms with Crippen molar-refractivity contribution in [3.8, 4) is 0 Å². The lowest BCUT2D eigenvalue weighted by atomic mass is 9.86. The minimum atomic E-state index is -4.85. The smallest absolute Gasteiger partial charge is 0.310 e. The molecule has 1 saturated carbocycles. The van der Waals surface area contributed by atoms with E-state index in [4.69, 9.17) is 0 Å². The quantitative estimate of drug-likeness (QED) is 0.699. The molecule has 0 atom stereocenters. The number of hydrogen-bond acceptors (Lipinski definition) is 4. The van der Waals surface area contributed by atoms with Gasteiger partial charge in [0.25, 0.3) is 0 Å². The predicted octanol–water partition coefficient (Wildman–Crippen LogP) is 3.08. The molecule has 0 saturated heterocycles. The van der Waals surface area contributed by atoms with E-state index >= 15 is 0 Å². The van der Waals surface area contributed by atoms with Crippen LogP contribution in [-0.2, 0) is 21.0 Å². The molecule has 1 aromatic heterocycles. The van der Waals surface area contributed by atoms with Crippen LogP contribution in [0.25, 0.3) is 0 Å². The van der Waals surface area contributed by atoms with E-state index in [1.54, 1.807) is 0 Å². The van der Waals surface area contributed by atoms with Crippen molar-refractivity contribution in [2.24, 2.45) is 5.92 Å². The highest BCUT2D eigenvalue weighted by molar-refractivity contribution is 7.89. The first-order valence-corrected chi connectivity index (χ1v) is 9.81. The fourth-order valence-corrected chi connectivity index (χ4v) is 4.11. The van der Waals surface area contributed by atoms with Crippen molar-refractivity contribution in [1.29, 1.82) is 0 Å². The molecule has 6 nitrogen and oxygen atoms in total. The monoisotopic (exact) mass is 433 g/mol. The van der Waals surface area contributed by atoms with Gasteiger partial charge in [0.1, 0.15) is 5.82 Å². The standard InChI is InChI=1S/C15H17F6N3O3S/c16-14(17,18)8-28(26,27)24-11-4-1-9(2-5-11)13(25)23-12-6-3-10(7-22-12)15(19,20)21/h3,6-7,9,11,24H,1-2,4-5,8H2,(H,22,23,25). The summed E-state index contributed by atoms with van der Waals surface area (Å²) in [5.74, 6) is -3.08. The Balaban J connectivity index is 1.85. The van der Waals surface area contributed by atoms with Crippen LogP contribution >= 0.6 is 0 Å². The topological polar surface area (TPSA) is 88.2 Å². The van der Waals surface area contributed by atoms with Crippen LogP contribution in [0.15, 0.2) is 18.3 Å². The molecule has 0 radical (unpaired) electrons. The van der Waals surface area contributed by atoms with Crippen LogP contribution in [0.1, 0.15) is 31.2 Å². The highest BCUT2D eigenvalue weighted by Crippen LogP contribution is 2.30. The van der Waals surface area contributed by atoms with Crippen LogP contribution < -0.4 is 10.0 Å². The van der Waals surface area contributed by atoms with Gasteiger partial charge in [-0.25, -0.2) is 18.1 Å². The molecule has 28 heavy (non-hydrogen) atoms. The van der Waals surface area contributed by atoms with E-state index in [1.165, 1.54) is 0 Å². The first kappa shape index (κ1) is 22.4. The molecule has 158 valence electrons. The molecule has 1 amide bonds. The molecule has 0 aromatic carbocycles. The van der Waals surface area contributed by atoms with Crippen molar-refractivity contribution in [2.45, 2.75) is 44.1 Å². The van der Waals surface area contributed by atoms with Gasteiger partial charge in [-0.1, -0.05) is 0 Å². The van der Waals surface area contributed by atoms with Gasteiger partial charge in [0, 0.05) is 18.2 Å². The van der Waals surface area contributed by atoms with Gasteiger partial charge >= 0.3 is 12.4 Å². The van der Waals surface area contributed by atoms with E-state index in [0.717, 1.165) is 12.1 Å². The number of amides is 1. The summed E-state index contributed by atoms with van der Waals surface area (Å²) in [6.07, 6.45) is -8.06. The van der Waals surface area contributed by atoms with Crippen molar-refractivity contribution < 1.29 is 39.6 Å². The first-order chi connectivity index (χ1) is 12.8. The highest BCUT2D eigenvalue weighted by Gasteiger charge is 2.37. The van der Waals surface area contributed by atoms with Gasteiger partial charge in [-0.2, -0.15) is 26.3 Å². The molecule has 1 aliphatic carbocycles. The number of aromatic nitrogens is 1. The minimum absolute atomic E-state index is 0.0639. The molecule has 2 N–H and O–H groups in total. The van der Waals surface area contributed by atoms with E-state index in [-0.39, 0.29) is 31.5 Å². The Labute approximate surface area is 156 Å². The number of rotatable bonds is 5. The number of carbonyl (C=O) groups is 1. The maximum atomic E-state index is 12.5. The average Bonchev–Trinajstić information content (AvgIpc) is 2.52. The third-order valence-corrected chi connectivity index (χ3v) is 5.54. The van der Waals surface area contributed by atoms with E-state index in [9.17, 15) is 39.6 Å². The van der Waals surface area contributed by atoms with Crippen LogP contribution in [0, 0.1) is 5.92 Å². The van der Waals surface area contributed by atoms with Crippen molar-refractivity contribution in [2.75, 3.05) is 11.1 Å². The van der Waals surface area contributed by atoms with Crippen molar-refractivity contribution >= 4 is 21.7 Å². The molecule has 1 fully saturated rings. The average molecular weight is 433 g/mol. The third-order valence-electron chi connectivity index (χ3n) is 4.14. The minimum Gasteiger partial charge on any atom is -0.310 e. The zero-order chi connectivity index (χ0) is 21.2. The molecule has 1 heterocycles. The number of nitrogens with one attached hydrogen (secondary N) is 2. The van der Waals surface area contributed by atoms with Gasteiger partial charge in [0.15, 0.2) is 5.75 Å². The Morgan fingerprint density at radius 3 is 2.14 bits per heavy atom. The largest absolute Gasteiger partial charge is 0.417 e. The lowest BCUT2D eigenvalue weighted by molar-refractivity contribution is -0.137. The molecule has 0 aliphatic heterocycles. The summed E-state index contributed by atoms with van der Waals surface area (Å²) in [5, 5.41) is 2.38. The molecule has 1 aromatic rings. The summed E-state index contributed by atoms with van der Waals surface area (Å²) < 4.78 is 99.1. The molecule has 13 heteroatoms. The highest BCUT2D eigenvalue weighted by atomic mass is 32.2. The normalized spacial score (nSPS) is 21.4. The van der Waals surface area contributed by atoms with Gasteiger partial charge in [0.05, 0.1) is 5.56 Å². The van der Waals surface area contributed by atoms with Gasteiger partial charge in [-0.3, -0.25) is 4.79 Å². The van der Waals surface area contributed by atoms with Gasteiger partial charge in [0.2, 0.25) is 15.9 Å². The summed E-state index contributed by atoms with van der Waals surface area (Å²) >= 11 is 0. The molecule has 0 unspecified atom stereocenters. The molecule has 1 aliphatic rings. The molecular formula is C15H17F6N3O3S. The number of pyridine rings is 1. The van der Waals surface area contributed by atoms with E-state index in [0.29, 0.717) is 6.20 Å². The van der Waals surface area contributed by atoms with Crippen LogP contribution in [0.4, 0.5) is 32.2 Å². The number of alkyl halides is 6. The van der Waals surface area contributed by atoms with Crippen molar-refractivity contribution in [1.82, 2.24) is 9.71 Å². The van der Waals surface area contributed by atoms with Crippen LogP contribution in [0.2, 0.25) is 0 Å². The Kier molecular flexibility index (Phi) is 6.58. The summed E-state index contributed by atoms with van der Waals surface area (Å²) in [5.41, 5.74) is -0.961. The number of hydrogen-bond donors (Lipinski definition) is 2. The Bertz CT molecular complexity index is 785. The zero-order valence-electron chi connectivity index (χ0n) is 14.3. The van der Waals surface area contributed by atoms with Gasteiger partial charge in [-0.05, 0) is 37.8 Å². The zero-order valence-corrected chi connectivity index (χ0v) is 15.1. The second-order valence-corrected chi connectivity index (χ2v) is 8.21. The summed E-state index contributed by atoms with van der Waals surface area (Å²) in [7, 11) is -4.52. The maximum absolute atomic E-state index is 12.5. The van der Waals surface area contributed by atoms with Gasteiger partial charge < -0.3 is 5.32 Å². The fraction of sp³-hybridized carbons (Fsp3) is 0.600. The van der Waals surface area contributed by atoms with Crippen molar-refractivity contribution in [3.63, 3.8) is 0 Å². The summed E-state index contributed by atoms with van der Waals surface area (Å²) in [6, 6.07) is 1.08. The van der Waals surface area contributed by atoms with Crippen LogP contribution in [0.5, 0.6) is 0 Å². The Hall–Kier alpha value is -1.89. The lowest BCUT2D eigenvalue weighted by Gasteiger charge is -2.28. The third kappa shape index (κ3) is 6.93. The SMILES string of the molecule is O=C(Nc1ccc(C(F)(F)F)cn1)C1CCC(NS(=O)(=O)CC(F)(F)F)CC1. The Morgan fingerprint density at radius 1 is 1.07 bits per heavy atom. The van der Waals surface area contributed by atoms with Gasteiger partial charge in [-0.15, -0.1) is 0 Å². The molecule has 0 spiro atoms. The summed E-state index contributed by atoms with van der Waals surface area (Å²) in [6.45, 7) is 0. The predicted molar refractivity (Wildman–Crippen MR) is 86.6 cm³/mol. The maximum Gasteiger partial charge on any atom is 0.417 e. The number of carbonyl (C=O) groups excluding carboxylic acids is 1. The van der Waals surface area contributed by atoms with E-state index in [1.807, 2.05) is 4.72 Å². The van der Waals surface area contributed by atoms with Crippen molar-refractivity contribution in [3.05, 3.63) is 23.9 Å². The molecule has 2 rings (SSSR count). The van der Waals surface area contributed by atoms with E-state index < -0.39 is 51.6 Å². The number of anilines is 1. The second kappa shape index (κ2) is 8.23. The first-order valence-electron chi connectivity index (χ1n) is 8.16. The number of halogens is 6. The molecule has 0 bridgehead atoms. The fourth-order valence-electron chi connectivity index (χ4n) is 2.85. The number of nitrogens with zero attached hydrogens (tertiary/aromatic N) is 1. The molecular weight excluding hydrogens is 416 g/mol. The second-order valence-electron chi connectivity index (χ2n) is 6.46. The lowest BCUT2D eigenvalue weighted by Crippen LogP contribution is -2.42. The number of sulfonamides is 1.